The quantitative estimate of drug-likeness (QED) is 0.253. The number of carbonyl (C=O) groups is 2. The zero-order chi connectivity index (χ0) is 27.4. The molecule has 9 nitrogen and oxygen atoms in total. The van der Waals surface area contributed by atoms with Crippen LogP contribution in [-0.2, 0) is 16.1 Å². The zero-order valence-corrected chi connectivity index (χ0v) is 21.8. The first kappa shape index (κ1) is 26.4. The van der Waals surface area contributed by atoms with E-state index in [0.717, 1.165) is 0 Å². The Morgan fingerprint density at radius 3 is 2.11 bits per heavy atom. The number of hydrogen-bond acceptors (Lipinski definition) is 8. The van der Waals surface area contributed by atoms with Gasteiger partial charge in [-0.25, -0.2) is 0 Å². The molecule has 1 unspecified atom stereocenters. The molecule has 3 aromatic carbocycles. The highest BCUT2D eigenvalue weighted by molar-refractivity contribution is 6.46. The molecule has 1 atom stereocenters. The van der Waals surface area contributed by atoms with Gasteiger partial charge in [-0.05, 0) is 35.9 Å². The van der Waals surface area contributed by atoms with Gasteiger partial charge in [-0.15, -0.1) is 0 Å². The largest absolute Gasteiger partial charge is 0.507 e. The summed E-state index contributed by atoms with van der Waals surface area (Å²) in [7, 11) is 7.50. The van der Waals surface area contributed by atoms with Crippen molar-refractivity contribution in [1.82, 2.24) is 4.90 Å². The van der Waals surface area contributed by atoms with Crippen molar-refractivity contribution in [2.75, 3.05) is 35.5 Å². The van der Waals surface area contributed by atoms with Crippen molar-refractivity contribution in [3.63, 3.8) is 0 Å². The van der Waals surface area contributed by atoms with Crippen LogP contribution in [0.2, 0.25) is 0 Å². The van der Waals surface area contributed by atoms with Gasteiger partial charge in [-0.3, -0.25) is 9.59 Å². The Kier molecular flexibility index (Phi) is 7.76. The SMILES string of the molecule is COc1ccc(/C(O)=C2\C(=O)C(=O)N(Cc3ccccc3OC)C2c2ccc(OC)c(OC)c2)c(OC)c1. The maximum Gasteiger partial charge on any atom is 0.295 e. The Morgan fingerprint density at radius 1 is 0.763 bits per heavy atom. The van der Waals surface area contributed by atoms with E-state index in [1.807, 2.05) is 18.2 Å². The predicted octanol–water partition coefficient (Wildman–Crippen LogP) is 4.35. The van der Waals surface area contributed by atoms with Gasteiger partial charge in [-0.1, -0.05) is 24.3 Å². The van der Waals surface area contributed by atoms with Crippen LogP contribution >= 0.6 is 0 Å². The van der Waals surface area contributed by atoms with Gasteiger partial charge in [0, 0.05) is 11.6 Å². The number of nitrogens with zero attached hydrogens (tertiary/aromatic N) is 1. The first-order valence-corrected chi connectivity index (χ1v) is 11.7. The van der Waals surface area contributed by atoms with Crippen LogP contribution in [0.4, 0.5) is 0 Å². The second-order valence-corrected chi connectivity index (χ2v) is 8.42. The highest BCUT2D eigenvalue weighted by Crippen LogP contribution is 2.44. The fraction of sp³-hybridized carbons (Fsp3) is 0.241. The van der Waals surface area contributed by atoms with E-state index in [-0.39, 0.29) is 29.2 Å². The number of rotatable bonds is 9. The molecular weight excluding hydrogens is 490 g/mol. The number of ether oxygens (including phenoxy) is 5. The van der Waals surface area contributed by atoms with E-state index in [2.05, 4.69) is 0 Å². The molecular formula is C29H29NO8. The number of aliphatic hydroxyl groups excluding tert-OH is 1. The lowest BCUT2D eigenvalue weighted by Gasteiger charge is -2.26. The number of Topliss-reactive ketones (excluding diaryl/α,β-unsaturated/α-hetero) is 1. The number of benzene rings is 3. The first-order chi connectivity index (χ1) is 18.4. The average molecular weight is 520 g/mol. The Labute approximate surface area is 220 Å². The molecule has 0 radical (unpaired) electrons. The van der Waals surface area contributed by atoms with Crippen molar-refractivity contribution in [2.45, 2.75) is 12.6 Å². The fourth-order valence-electron chi connectivity index (χ4n) is 4.57. The summed E-state index contributed by atoms with van der Waals surface area (Å²) >= 11 is 0. The van der Waals surface area contributed by atoms with Gasteiger partial charge in [-0.2, -0.15) is 0 Å². The normalized spacial score (nSPS) is 16.3. The van der Waals surface area contributed by atoms with Crippen LogP contribution in [0.5, 0.6) is 28.7 Å². The Hall–Kier alpha value is -4.66. The summed E-state index contributed by atoms with van der Waals surface area (Å²) in [6, 6.07) is 16.2. The summed E-state index contributed by atoms with van der Waals surface area (Å²) in [5.41, 5.74) is 1.41. The molecule has 0 aromatic heterocycles. The van der Waals surface area contributed by atoms with Crippen LogP contribution in [-0.4, -0.2) is 57.2 Å². The van der Waals surface area contributed by atoms with Crippen LogP contribution in [0.15, 0.2) is 66.2 Å². The Bertz CT molecular complexity index is 1400. The maximum absolute atomic E-state index is 13.5. The third-order valence-electron chi connectivity index (χ3n) is 6.46. The van der Waals surface area contributed by atoms with Crippen LogP contribution in [0.1, 0.15) is 22.7 Å². The minimum atomic E-state index is -0.938. The maximum atomic E-state index is 13.5. The summed E-state index contributed by atoms with van der Waals surface area (Å²) in [6.45, 7) is 0.0596. The fourth-order valence-corrected chi connectivity index (χ4v) is 4.57. The number of likely N-dealkylation sites (tertiary alicyclic amines) is 1. The molecule has 1 amide bonds. The molecule has 1 heterocycles. The molecule has 1 aliphatic rings. The first-order valence-electron chi connectivity index (χ1n) is 11.7. The standard InChI is InChI=1S/C29H29NO8/c1-34-19-11-12-20(23(15-19)37-4)27(31)25-26(17-10-13-22(36-3)24(14-17)38-5)30(29(33)28(25)32)16-18-8-6-7-9-21(18)35-2/h6-15,26,31H,16H2,1-5H3/b27-25+. The second kappa shape index (κ2) is 11.2. The summed E-state index contributed by atoms with van der Waals surface area (Å²) in [5.74, 6) is 0.294. The minimum absolute atomic E-state index is 0.0596. The molecule has 0 spiro atoms. The van der Waals surface area contributed by atoms with E-state index in [4.69, 9.17) is 23.7 Å². The molecule has 3 aromatic rings. The van der Waals surface area contributed by atoms with Gasteiger partial charge in [0.2, 0.25) is 0 Å². The molecule has 198 valence electrons. The summed E-state index contributed by atoms with van der Waals surface area (Å²) < 4.78 is 27.0. The van der Waals surface area contributed by atoms with Crippen molar-refractivity contribution < 1.29 is 38.4 Å². The monoisotopic (exact) mass is 519 g/mol. The number of para-hydroxylation sites is 1. The van der Waals surface area contributed by atoms with Crippen molar-refractivity contribution in [3.8, 4) is 28.7 Å². The van der Waals surface area contributed by atoms with Crippen LogP contribution in [0.3, 0.4) is 0 Å². The lowest BCUT2D eigenvalue weighted by molar-refractivity contribution is -0.140. The van der Waals surface area contributed by atoms with Gasteiger partial charge in [0.05, 0.1) is 59.3 Å². The molecule has 0 saturated carbocycles. The van der Waals surface area contributed by atoms with Gasteiger partial charge in [0.25, 0.3) is 11.7 Å². The molecule has 4 rings (SSSR count). The number of carbonyl (C=O) groups excluding carboxylic acids is 2. The Balaban J connectivity index is 1.94. The van der Waals surface area contributed by atoms with Gasteiger partial charge >= 0.3 is 0 Å². The molecule has 0 aliphatic carbocycles. The summed E-state index contributed by atoms with van der Waals surface area (Å²) in [5, 5.41) is 11.5. The zero-order valence-electron chi connectivity index (χ0n) is 21.8. The number of aliphatic hydroxyl groups is 1. The number of hydrogen-bond donors (Lipinski definition) is 1. The second-order valence-electron chi connectivity index (χ2n) is 8.42. The van der Waals surface area contributed by atoms with E-state index < -0.39 is 17.7 Å². The molecule has 9 heteroatoms. The number of methoxy groups -OCH3 is 5. The lowest BCUT2D eigenvalue weighted by Crippen LogP contribution is -2.29. The van der Waals surface area contributed by atoms with E-state index >= 15 is 0 Å². The van der Waals surface area contributed by atoms with Crippen molar-refractivity contribution >= 4 is 17.4 Å². The minimum Gasteiger partial charge on any atom is -0.507 e. The van der Waals surface area contributed by atoms with E-state index in [9.17, 15) is 14.7 Å². The van der Waals surface area contributed by atoms with E-state index in [1.165, 1.54) is 40.4 Å². The summed E-state index contributed by atoms with van der Waals surface area (Å²) in [6.07, 6.45) is 0. The van der Waals surface area contributed by atoms with Gasteiger partial charge in [0.15, 0.2) is 11.5 Å². The van der Waals surface area contributed by atoms with Gasteiger partial charge in [0.1, 0.15) is 23.0 Å². The number of amides is 1. The van der Waals surface area contributed by atoms with Crippen molar-refractivity contribution in [3.05, 3.63) is 82.9 Å². The van der Waals surface area contributed by atoms with Gasteiger partial charge < -0.3 is 33.7 Å². The molecule has 0 bridgehead atoms. The molecule has 1 fully saturated rings. The number of ketones is 1. The molecule has 38 heavy (non-hydrogen) atoms. The smallest absolute Gasteiger partial charge is 0.295 e. The summed E-state index contributed by atoms with van der Waals surface area (Å²) in [4.78, 5) is 28.4. The van der Waals surface area contributed by atoms with Crippen LogP contribution < -0.4 is 23.7 Å². The van der Waals surface area contributed by atoms with Crippen molar-refractivity contribution in [2.24, 2.45) is 0 Å². The highest BCUT2D eigenvalue weighted by Gasteiger charge is 2.46. The van der Waals surface area contributed by atoms with Crippen LogP contribution in [0, 0.1) is 0 Å². The predicted molar refractivity (Wildman–Crippen MR) is 140 cm³/mol. The topological polar surface area (TPSA) is 104 Å². The van der Waals surface area contributed by atoms with E-state index in [0.29, 0.717) is 34.1 Å². The highest BCUT2D eigenvalue weighted by atomic mass is 16.5. The van der Waals surface area contributed by atoms with Crippen LogP contribution in [0.25, 0.3) is 5.76 Å². The Morgan fingerprint density at radius 2 is 1.45 bits per heavy atom. The third kappa shape index (κ3) is 4.70. The average Bonchev–Trinajstić information content (AvgIpc) is 3.21. The lowest BCUT2D eigenvalue weighted by atomic mass is 9.94. The molecule has 1 N–H and O–H groups in total. The molecule has 1 aliphatic heterocycles. The third-order valence-corrected chi connectivity index (χ3v) is 6.46. The van der Waals surface area contributed by atoms with E-state index in [1.54, 1.807) is 42.5 Å². The molecule has 1 saturated heterocycles. The van der Waals surface area contributed by atoms with Crippen molar-refractivity contribution in [1.29, 1.82) is 0 Å².